The zero-order valence-corrected chi connectivity index (χ0v) is 14.4. The molecule has 3 rings (SSSR count). The van der Waals surface area contributed by atoms with Crippen molar-refractivity contribution >= 4 is 0 Å². The maximum atomic E-state index is 10.8. The summed E-state index contributed by atoms with van der Waals surface area (Å²) in [6.07, 6.45) is 7.69. The lowest BCUT2D eigenvalue weighted by molar-refractivity contribution is -0.201. The summed E-state index contributed by atoms with van der Waals surface area (Å²) in [5, 5.41) is 10.8. The van der Waals surface area contributed by atoms with Crippen LogP contribution in [0.2, 0.25) is 0 Å². The molecule has 4 heteroatoms. The van der Waals surface area contributed by atoms with E-state index in [0.717, 1.165) is 31.2 Å². The molecule has 132 valence electrons. The van der Waals surface area contributed by atoms with Crippen LogP contribution in [-0.2, 0) is 20.8 Å². The van der Waals surface area contributed by atoms with Gasteiger partial charge >= 0.3 is 0 Å². The van der Waals surface area contributed by atoms with Crippen LogP contribution >= 0.6 is 0 Å². The minimum atomic E-state index is -0.730. The van der Waals surface area contributed by atoms with E-state index in [0.29, 0.717) is 13.2 Å². The molecule has 0 radical (unpaired) electrons. The Balaban J connectivity index is 1.59. The summed E-state index contributed by atoms with van der Waals surface area (Å²) < 4.78 is 18.0. The predicted molar refractivity (Wildman–Crippen MR) is 92.5 cm³/mol. The molecule has 4 nitrogen and oxygen atoms in total. The third kappa shape index (κ3) is 4.25. The van der Waals surface area contributed by atoms with Crippen molar-refractivity contribution in [2.75, 3.05) is 6.61 Å². The first-order chi connectivity index (χ1) is 11.7. The summed E-state index contributed by atoms with van der Waals surface area (Å²) in [4.78, 5) is 0. The van der Waals surface area contributed by atoms with Crippen molar-refractivity contribution in [1.29, 1.82) is 0 Å². The van der Waals surface area contributed by atoms with E-state index in [1.54, 1.807) is 0 Å². The van der Waals surface area contributed by atoms with Crippen molar-refractivity contribution in [3.05, 3.63) is 48.0 Å². The van der Waals surface area contributed by atoms with Crippen LogP contribution in [0, 0.1) is 0 Å². The molecular formula is C20H28O4. The molecule has 1 aromatic rings. The van der Waals surface area contributed by atoms with E-state index in [4.69, 9.17) is 14.2 Å². The average Bonchev–Trinajstić information content (AvgIpc) is 3.03. The molecule has 0 unspecified atom stereocenters. The highest BCUT2D eigenvalue weighted by Crippen LogP contribution is 2.39. The van der Waals surface area contributed by atoms with Gasteiger partial charge in [-0.2, -0.15) is 0 Å². The molecule has 0 aromatic heterocycles. The molecule has 1 aromatic carbocycles. The third-order valence-electron chi connectivity index (χ3n) is 4.88. The molecule has 2 fully saturated rings. The molecule has 1 N–H and O–H groups in total. The number of ether oxygens (including phenoxy) is 3. The van der Waals surface area contributed by atoms with Gasteiger partial charge in [-0.15, -0.1) is 0 Å². The van der Waals surface area contributed by atoms with Crippen molar-refractivity contribution in [3.63, 3.8) is 0 Å². The van der Waals surface area contributed by atoms with E-state index in [9.17, 15) is 5.11 Å². The summed E-state index contributed by atoms with van der Waals surface area (Å²) in [7, 11) is 0. The Kier molecular flexibility index (Phi) is 6.06. The number of aliphatic hydroxyl groups excluding tert-OH is 1. The fraction of sp³-hybridized carbons (Fsp3) is 0.600. The van der Waals surface area contributed by atoms with E-state index >= 15 is 0 Å². The van der Waals surface area contributed by atoms with Crippen LogP contribution < -0.4 is 0 Å². The normalized spacial score (nSPS) is 26.0. The van der Waals surface area contributed by atoms with Crippen LogP contribution in [0.3, 0.4) is 0 Å². The highest BCUT2D eigenvalue weighted by atomic mass is 16.7. The lowest BCUT2D eigenvalue weighted by Crippen LogP contribution is -2.41. The van der Waals surface area contributed by atoms with E-state index in [-0.39, 0.29) is 6.10 Å². The van der Waals surface area contributed by atoms with Crippen LogP contribution in [0.4, 0.5) is 0 Å². The first-order valence-corrected chi connectivity index (χ1v) is 9.01. The maximum absolute atomic E-state index is 10.8. The SMILES string of the molecule is C/C=C/[C@@H](OCc1ccccc1)[C@H](O)[C@H]1COC2(CCCCC2)O1. The minimum Gasteiger partial charge on any atom is -0.387 e. The van der Waals surface area contributed by atoms with Gasteiger partial charge in [-0.3, -0.25) is 0 Å². The second-order valence-electron chi connectivity index (χ2n) is 6.72. The highest BCUT2D eigenvalue weighted by Gasteiger charge is 2.45. The summed E-state index contributed by atoms with van der Waals surface area (Å²) in [6, 6.07) is 9.99. The van der Waals surface area contributed by atoms with Gasteiger partial charge in [-0.1, -0.05) is 48.9 Å². The lowest BCUT2D eigenvalue weighted by Gasteiger charge is -2.33. The summed E-state index contributed by atoms with van der Waals surface area (Å²) in [6.45, 7) is 2.83. The van der Waals surface area contributed by atoms with E-state index in [1.807, 2.05) is 49.4 Å². The zero-order chi connectivity index (χ0) is 16.8. The molecule has 1 heterocycles. The average molecular weight is 332 g/mol. The van der Waals surface area contributed by atoms with Gasteiger partial charge < -0.3 is 19.3 Å². The highest BCUT2D eigenvalue weighted by molar-refractivity contribution is 5.13. The van der Waals surface area contributed by atoms with E-state index in [1.165, 1.54) is 6.42 Å². The van der Waals surface area contributed by atoms with Gasteiger partial charge in [0, 0.05) is 12.8 Å². The number of aliphatic hydroxyl groups is 1. The number of hydrogen-bond donors (Lipinski definition) is 1. The minimum absolute atomic E-state index is 0.333. The van der Waals surface area contributed by atoms with Crippen LogP contribution in [0.15, 0.2) is 42.5 Å². The van der Waals surface area contributed by atoms with Crippen molar-refractivity contribution in [3.8, 4) is 0 Å². The second kappa shape index (κ2) is 8.26. The first-order valence-electron chi connectivity index (χ1n) is 9.01. The van der Waals surface area contributed by atoms with Crippen molar-refractivity contribution in [2.45, 2.75) is 69.7 Å². The topological polar surface area (TPSA) is 47.9 Å². The zero-order valence-electron chi connectivity index (χ0n) is 14.4. The van der Waals surface area contributed by atoms with Gasteiger partial charge in [0.05, 0.1) is 13.2 Å². The van der Waals surface area contributed by atoms with E-state index in [2.05, 4.69) is 0 Å². The third-order valence-corrected chi connectivity index (χ3v) is 4.88. The molecule has 0 amide bonds. The van der Waals surface area contributed by atoms with Crippen molar-refractivity contribution in [1.82, 2.24) is 0 Å². The first kappa shape index (κ1) is 17.6. The Morgan fingerprint density at radius 2 is 2.00 bits per heavy atom. The summed E-state index contributed by atoms with van der Waals surface area (Å²) >= 11 is 0. The Morgan fingerprint density at radius 1 is 1.25 bits per heavy atom. The largest absolute Gasteiger partial charge is 0.387 e. The van der Waals surface area contributed by atoms with Crippen LogP contribution in [0.25, 0.3) is 0 Å². The van der Waals surface area contributed by atoms with Gasteiger partial charge in [-0.05, 0) is 25.3 Å². The Labute approximate surface area is 144 Å². The molecule has 1 saturated heterocycles. The molecule has 24 heavy (non-hydrogen) atoms. The number of benzene rings is 1. The quantitative estimate of drug-likeness (QED) is 0.809. The lowest BCUT2D eigenvalue weighted by atomic mass is 9.94. The molecule has 1 aliphatic carbocycles. The predicted octanol–water partition coefficient (Wildman–Crippen LogP) is 3.58. The number of rotatable bonds is 6. The molecule has 2 aliphatic rings. The van der Waals surface area contributed by atoms with Crippen LogP contribution in [-0.4, -0.2) is 35.8 Å². The summed E-state index contributed by atoms with van der Waals surface area (Å²) in [5.41, 5.74) is 1.09. The molecule has 3 atom stereocenters. The van der Waals surface area contributed by atoms with Gasteiger partial charge in [0.15, 0.2) is 5.79 Å². The standard InChI is InChI=1S/C20H28O4/c1-2-9-17(22-14-16-10-5-3-6-11-16)19(21)18-15-23-20(24-18)12-7-4-8-13-20/h2-3,5-6,9-11,17-19,21H,4,7-8,12-15H2,1H3/b9-2+/t17-,18-,19+/m1/s1. The van der Waals surface area contributed by atoms with E-state index < -0.39 is 18.0 Å². The molecule has 1 spiro atoms. The molecule has 1 saturated carbocycles. The fourth-order valence-corrected chi connectivity index (χ4v) is 3.53. The van der Waals surface area contributed by atoms with Crippen molar-refractivity contribution in [2.24, 2.45) is 0 Å². The molecule has 0 bridgehead atoms. The Bertz CT molecular complexity index is 522. The molecule has 1 aliphatic heterocycles. The fourth-order valence-electron chi connectivity index (χ4n) is 3.53. The Morgan fingerprint density at radius 3 is 2.71 bits per heavy atom. The van der Waals surface area contributed by atoms with Crippen LogP contribution in [0.5, 0.6) is 0 Å². The van der Waals surface area contributed by atoms with Gasteiger partial charge in [0.25, 0.3) is 0 Å². The van der Waals surface area contributed by atoms with Gasteiger partial charge in [0.2, 0.25) is 0 Å². The Hall–Kier alpha value is -1.20. The van der Waals surface area contributed by atoms with Gasteiger partial charge in [0.1, 0.15) is 18.3 Å². The van der Waals surface area contributed by atoms with Crippen LogP contribution in [0.1, 0.15) is 44.6 Å². The molecular weight excluding hydrogens is 304 g/mol. The monoisotopic (exact) mass is 332 g/mol. The smallest absolute Gasteiger partial charge is 0.169 e. The number of hydrogen-bond acceptors (Lipinski definition) is 4. The van der Waals surface area contributed by atoms with Gasteiger partial charge in [-0.25, -0.2) is 0 Å². The number of allylic oxidation sites excluding steroid dienone is 1. The second-order valence-corrected chi connectivity index (χ2v) is 6.72. The maximum Gasteiger partial charge on any atom is 0.169 e. The summed E-state index contributed by atoms with van der Waals surface area (Å²) in [5.74, 6) is -0.468. The van der Waals surface area contributed by atoms with Crippen molar-refractivity contribution < 1.29 is 19.3 Å².